The first-order chi connectivity index (χ1) is 11.2. The number of nitrogens with one attached hydrogen (secondary N) is 1. The van der Waals surface area contributed by atoms with Gasteiger partial charge >= 0.3 is 0 Å². The summed E-state index contributed by atoms with van der Waals surface area (Å²) in [4.78, 5) is 12.8. The Kier molecular flexibility index (Phi) is 3.20. The van der Waals surface area contributed by atoms with Crippen molar-refractivity contribution in [1.82, 2.24) is 29.1 Å². The van der Waals surface area contributed by atoms with Gasteiger partial charge in [0.15, 0.2) is 11.5 Å². The van der Waals surface area contributed by atoms with Gasteiger partial charge in [0.25, 0.3) is 0 Å². The molecule has 4 aromatic heterocycles. The highest BCUT2D eigenvalue weighted by molar-refractivity contribution is 6.29. The van der Waals surface area contributed by atoms with Crippen molar-refractivity contribution in [2.75, 3.05) is 5.32 Å². The Hall–Kier alpha value is -2.93. The lowest BCUT2D eigenvalue weighted by atomic mass is 10.3. The van der Waals surface area contributed by atoms with Crippen LogP contribution in [0, 0.1) is 0 Å². The maximum absolute atomic E-state index is 5.91. The first-order valence-electron chi connectivity index (χ1n) is 6.90. The van der Waals surface area contributed by atoms with E-state index in [4.69, 9.17) is 11.6 Å². The molecule has 0 unspecified atom stereocenters. The average Bonchev–Trinajstić information content (AvgIpc) is 3.14. The molecule has 0 amide bonds. The Morgan fingerprint density at radius 1 is 1.13 bits per heavy atom. The maximum Gasteiger partial charge on any atom is 0.180 e. The van der Waals surface area contributed by atoms with Crippen LogP contribution in [0.2, 0.25) is 5.15 Å². The fourth-order valence-corrected chi connectivity index (χ4v) is 2.57. The first kappa shape index (κ1) is 13.7. The third kappa shape index (κ3) is 2.51. The third-order valence-corrected chi connectivity index (χ3v) is 3.62. The lowest BCUT2D eigenvalue weighted by Gasteiger charge is -2.07. The van der Waals surface area contributed by atoms with E-state index >= 15 is 0 Å². The summed E-state index contributed by atoms with van der Waals surface area (Å²) >= 11 is 5.91. The summed E-state index contributed by atoms with van der Waals surface area (Å²) in [5.74, 6) is 0.643. The summed E-state index contributed by atoms with van der Waals surface area (Å²) in [7, 11) is 1.88. The van der Waals surface area contributed by atoms with Crippen molar-refractivity contribution in [1.29, 1.82) is 0 Å². The van der Waals surface area contributed by atoms with Crippen molar-refractivity contribution in [2.45, 2.75) is 0 Å². The number of anilines is 2. The number of pyridine rings is 1. The first-order valence-corrected chi connectivity index (χ1v) is 7.28. The minimum atomic E-state index is 0.418. The fraction of sp³-hybridized carbons (Fsp3) is 0.0667. The van der Waals surface area contributed by atoms with E-state index in [2.05, 4.69) is 25.4 Å². The number of aromatic nitrogens is 6. The zero-order chi connectivity index (χ0) is 15.8. The van der Waals surface area contributed by atoms with Crippen LogP contribution in [0.15, 0.2) is 49.3 Å². The number of halogens is 1. The second-order valence-corrected chi connectivity index (χ2v) is 5.40. The van der Waals surface area contributed by atoms with E-state index in [1.807, 2.05) is 29.9 Å². The topological polar surface area (TPSA) is 72.9 Å². The standard InChI is InChI=1S/C15H12ClN7/c1-22-9-10(7-20-22)12-8-19-15-14(18-4-5-23(12)15)21-11-2-3-17-13(16)6-11/h2-9H,1H3,(H,17,18,21). The fourth-order valence-electron chi connectivity index (χ4n) is 2.39. The van der Waals surface area contributed by atoms with E-state index in [-0.39, 0.29) is 0 Å². The number of aryl methyl sites for hydroxylation is 1. The molecule has 0 aliphatic heterocycles. The molecule has 114 valence electrons. The van der Waals surface area contributed by atoms with Gasteiger partial charge in [0, 0.05) is 43.1 Å². The van der Waals surface area contributed by atoms with E-state index in [9.17, 15) is 0 Å². The van der Waals surface area contributed by atoms with Crippen LogP contribution in [0.5, 0.6) is 0 Å². The van der Waals surface area contributed by atoms with Crippen molar-refractivity contribution in [2.24, 2.45) is 7.05 Å². The van der Waals surface area contributed by atoms with Crippen molar-refractivity contribution in [3.05, 3.63) is 54.5 Å². The Morgan fingerprint density at radius 3 is 2.83 bits per heavy atom. The van der Waals surface area contributed by atoms with Crippen molar-refractivity contribution >= 4 is 28.8 Å². The normalized spacial score (nSPS) is 11.0. The molecule has 0 aliphatic rings. The highest BCUT2D eigenvalue weighted by atomic mass is 35.5. The lowest BCUT2D eigenvalue weighted by molar-refractivity contribution is 0.768. The number of fused-ring (bicyclic) bond motifs is 1. The molecule has 7 nitrogen and oxygen atoms in total. The Morgan fingerprint density at radius 2 is 2.04 bits per heavy atom. The summed E-state index contributed by atoms with van der Waals surface area (Å²) in [6, 6.07) is 3.56. The summed E-state index contributed by atoms with van der Waals surface area (Å²) in [6.07, 6.45) is 10.8. The van der Waals surface area contributed by atoms with Crippen LogP contribution < -0.4 is 5.32 Å². The molecule has 0 fully saturated rings. The predicted molar refractivity (Wildman–Crippen MR) is 87.7 cm³/mol. The van der Waals surface area contributed by atoms with Crippen LogP contribution >= 0.6 is 11.6 Å². The zero-order valence-electron chi connectivity index (χ0n) is 12.2. The van der Waals surface area contributed by atoms with Crippen LogP contribution in [-0.2, 0) is 7.05 Å². The van der Waals surface area contributed by atoms with Gasteiger partial charge in [-0.05, 0) is 12.1 Å². The van der Waals surface area contributed by atoms with Gasteiger partial charge < -0.3 is 5.32 Å². The zero-order valence-corrected chi connectivity index (χ0v) is 12.9. The van der Waals surface area contributed by atoms with Crippen LogP contribution in [-0.4, -0.2) is 29.1 Å². The second kappa shape index (κ2) is 5.36. The summed E-state index contributed by atoms with van der Waals surface area (Å²) in [5.41, 5.74) is 3.46. The third-order valence-electron chi connectivity index (χ3n) is 3.42. The SMILES string of the molecule is Cn1cc(-c2cnc3c(Nc4ccnc(Cl)c4)nccn23)cn1. The van der Waals surface area contributed by atoms with E-state index < -0.39 is 0 Å². The van der Waals surface area contributed by atoms with Gasteiger partial charge in [-0.15, -0.1) is 0 Å². The monoisotopic (exact) mass is 325 g/mol. The predicted octanol–water partition coefficient (Wildman–Crippen LogP) is 2.92. The molecule has 0 spiro atoms. The van der Waals surface area contributed by atoms with Crippen LogP contribution in [0.3, 0.4) is 0 Å². The molecule has 0 bridgehead atoms. The van der Waals surface area contributed by atoms with Crippen molar-refractivity contribution < 1.29 is 0 Å². The van der Waals surface area contributed by atoms with Crippen LogP contribution in [0.4, 0.5) is 11.5 Å². The van der Waals surface area contributed by atoms with Gasteiger partial charge in [-0.3, -0.25) is 9.08 Å². The van der Waals surface area contributed by atoms with Crippen molar-refractivity contribution in [3.8, 4) is 11.3 Å². The molecule has 0 saturated carbocycles. The van der Waals surface area contributed by atoms with Crippen LogP contribution in [0.25, 0.3) is 16.9 Å². The molecule has 0 atom stereocenters. The molecular weight excluding hydrogens is 314 g/mol. The number of hydrogen-bond acceptors (Lipinski definition) is 5. The molecule has 0 radical (unpaired) electrons. The van der Waals surface area contributed by atoms with E-state index in [1.54, 1.807) is 35.5 Å². The van der Waals surface area contributed by atoms with Gasteiger partial charge in [0.2, 0.25) is 0 Å². The molecule has 8 heteroatoms. The molecule has 4 rings (SSSR count). The highest BCUT2D eigenvalue weighted by Gasteiger charge is 2.11. The van der Waals surface area contributed by atoms with E-state index in [0.29, 0.717) is 11.0 Å². The molecule has 1 N–H and O–H groups in total. The molecular formula is C15H12ClN7. The van der Waals surface area contributed by atoms with Gasteiger partial charge in [-0.2, -0.15) is 5.10 Å². The summed E-state index contributed by atoms with van der Waals surface area (Å²) < 4.78 is 3.73. The lowest BCUT2D eigenvalue weighted by Crippen LogP contribution is -1.98. The number of imidazole rings is 1. The molecule has 4 aromatic rings. The molecule has 0 aliphatic carbocycles. The second-order valence-electron chi connectivity index (χ2n) is 5.01. The minimum Gasteiger partial charge on any atom is -0.337 e. The van der Waals surface area contributed by atoms with Gasteiger partial charge in [-0.25, -0.2) is 15.0 Å². The number of rotatable bonds is 3. The van der Waals surface area contributed by atoms with Gasteiger partial charge in [0.05, 0.1) is 18.1 Å². The molecule has 23 heavy (non-hydrogen) atoms. The quantitative estimate of drug-likeness (QED) is 0.586. The molecule has 4 heterocycles. The Balaban J connectivity index is 1.78. The summed E-state index contributed by atoms with van der Waals surface area (Å²) in [6.45, 7) is 0. The van der Waals surface area contributed by atoms with Gasteiger partial charge in [0.1, 0.15) is 5.15 Å². The van der Waals surface area contributed by atoms with Crippen molar-refractivity contribution in [3.63, 3.8) is 0 Å². The smallest absolute Gasteiger partial charge is 0.180 e. The Labute approximate surface area is 136 Å². The van der Waals surface area contributed by atoms with E-state index in [0.717, 1.165) is 22.6 Å². The number of hydrogen-bond donors (Lipinski definition) is 1. The van der Waals surface area contributed by atoms with Crippen LogP contribution in [0.1, 0.15) is 0 Å². The van der Waals surface area contributed by atoms with E-state index in [1.165, 1.54) is 0 Å². The number of nitrogens with zero attached hydrogens (tertiary/aromatic N) is 6. The summed E-state index contributed by atoms with van der Waals surface area (Å²) in [5, 5.41) is 7.84. The van der Waals surface area contributed by atoms with Gasteiger partial charge in [-0.1, -0.05) is 11.6 Å². The minimum absolute atomic E-state index is 0.418. The maximum atomic E-state index is 5.91. The largest absolute Gasteiger partial charge is 0.337 e. The molecule has 0 aromatic carbocycles. The molecule has 0 saturated heterocycles. The average molecular weight is 326 g/mol. The highest BCUT2D eigenvalue weighted by Crippen LogP contribution is 2.25. The Bertz CT molecular complexity index is 988.